The van der Waals surface area contributed by atoms with Crippen molar-refractivity contribution in [2.24, 2.45) is 0 Å². The smallest absolute Gasteiger partial charge is 0.417 e. The summed E-state index contributed by atoms with van der Waals surface area (Å²) < 4.78 is 46.4. The third kappa shape index (κ3) is 4.64. The Balaban J connectivity index is 2.09. The Labute approximate surface area is 210 Å². The number of carbonyl (C=O) groups is 1. The average molecular weight is 554 g/mol. The van der Waals surface area contributed by atoms with Gasteiger partial charge in [-0.2, -0.15) is 18.4 Å². The Morgan fingerprint density at radius 3 is 2.38 bits per heavy atom. The highest BCUT2D eigenvalue weighted by molar-refractivity contribution is 9.09. The zero-order valence-corrected chi connectivity index (χ0v) is 21.4. The summed E-state index contributed by atoms with van der Waals surface area (Å²) in [5.41, 5.74) is -1.29. The second-order valence-electron chi connectivity index (χ2n) is 8.57. The molecule has 0 atom stereocenters. The summed E-state index contributed by atoms with van der Waals surface area (Å²) in [4.78, 5) is 16.1. The number of benzene rings is 2. The molecule has 1 saturated heterocycles. The van der Waals surface area contributed by atoms with Gasteiger partial charge in [0.15, 0.2) is 5.11 Å². The molecule has 1 fully saturated rings. The van der Waals surface area contributed by atoms with Gasteiger partial charge in [0.05, 0.1) is 29.5 Å². The van der Waals surface area contributed by atoms with E-state index in [1.54, 1.807) is 30.9 Å². The summed E-state index contributed by atoms with van der Waals surface area (Å²) in [7, 11) is 0. The van der Waals surface area contributed by atoms with Crippen molar-refractivity contribution in [2.75, 3.05) is 21.7 Å². The lowest BCUT2D eigenvalue weighted by Gasteiger charge is -2.30. The van der Waals surface area contributed by atoms with Crippen molar-refractivity contribution in [3.05, 3.63) is 53.1 Å². The summed E-state index contributed by atoms with van der Waals surface area (Å²) in [6.45, 7) is 7.85. The van der Waals surface area contributed by atoms with Crippen LogP contribution in [0.15, 0.2) is 36.4 Å². The summed E-state index contributed by atoms with van der Waals surface area (Å²) in [5.74, 6) is 0.358. The van der Waals surface area contributed by atoms with Gasteiger partial charge in [-0.05, 0) is 73.9 Å². The highest BCUT2D eigenvalue weighted by Gasteiger charge is 2.50. The lowest BCUT2D eigenvalue weighted by atomic mass is 9.98. The van der Waals surface area contributed by atoms with E-state index in [0.717, 1.165) is 22.6 Å². The maximum absolute atomic E-state index is 13.5. The number of rotatable bonds is 6. The Bertz CT molecular complexity index is 1180. The average Bonchev–Trinajstić information content (AvgIpc) is 2.94. The molecule has 1 aliphatic heterocycles. The van der Waals surface area contributed by atoms with Crippen LogP contribution in [0.5, 0.6) is 5.75 Å². The van der Waals surface area contributed by atoms with Crippen molar-refractivity contribution in [3.8, 4) is 11.8 Å². The predicted octanol–water partition coefficient (Wildman–Crippen LogP) is 6.39. The maximum atomic E-state index is 13.5. The number of alkyl halides is 4. The molecule has 180 valence electrons. The zero-order chi connectivity index (χ0) is 25.4. The fourth-order valence-corrected chi connectivity index (χ4v) is 4.55. The molecule has 2 aromatic carbocycles. The van der Waals surface area contributed by atoms with Crippen LogP contribution in [0.25, 0.3) is 0 Å². The highest BCUT2D eigenvalue weighted by Crippen LogP contribution is 2.41. The quantitative estimate of drug-likeness (QED) is 0.306. The number of halogens is 4. The predicted molar refractivity (Wildman–Crippen MR) is 133 cm³/mol. The Morgan fingerprint density at radius 1 is 1.18 bits per heavy atom. The van der Waals surface area contributed by atoms with Crippen LogP contribution < -0.4 is 14.5 Å². The topological polar surface area (TPSA) is 56.6 Å². The molecule has 34 heavy (non-hydrogen) atoms. The summed E-state index contributed by atoms with van der Waals surface area (Å²) in [6, 6.07) is 10.2. The molecular weight excluding hydrogens is 531 g/mol. The molecule has 1 amide bonds. The second kappa shape index (κ2) is 9.55. The molecule has 5 nitrogen and oxygen atoms in total. The van der Waals surface area contributed by atoms with Gasteiger partial charge < -0.3 is 9.64 Å². The van der Waals surface area contributed by atoms with Crippen LogP contribution in [-0.4, -0.2) is 28.5 Å². The number of thiocarbonyl (C=S) groups is 1. The molecule has 2 aromatic rings. The minimum atomic E-state index is -4.75. The van der Waals surface area contributed by atoms with Gasteiger partial charge in [0.1, 0.15) is 11.3 Å². The van der Waals surface area contributed by atoms with Gasteiger partial charge >= 0.3 is 6.18 Å². The van der Waals surface area contributed by atoms with Crippen molar-refractivity contribution >= 4 is 50.5 Å². The van der Waals surface area contributed by atoms with Crippen LogP contribution in [0.1, 0.15) is 50.3 Å². The first-order chi connectivity index (χ1) is 15.8. The fraction of sp³-hybridized carbons (Fsp3) is 0.375. The number of amides is 1. The Morgan fingerprint density at radius 2 is 1.82 bits per heavy atom. The van der Waals surface area contributed by atoms with Crippen LogP contribution in [0.3, 0.4) is 0 Å². The first kappa shape index (κ1) is 26.0. The fourth-order valence-electron chi connectivity index (χ4n) is 3.87. The number of nitriles is 1. The van der Waals surface area contributed by atoms with Gasteiger partial charge in [0, 0.05) is 11.0 Å². The normalized spacial score (nSPS) is 15.8. The maximum Gasteiger partial charge on any atom is 0.417 e. The molecule has 1 heterocycles. The van der Waals surface area contributed by atoms with E-state index in [1.807, 2.05) is 26.0 Å². The van der Waals surface area contributed by atoms with E-state index in [4.69, 9.17) is 22.2 Å². The zero-order valence-electron chi connectivity index (χ0n) is 19.0. The van der Waals surface area contributed by atoms with Gasteiger partial charge in [0.25, 0.3) is 5.91 Å². The van der Waals surface area contributed by atoms with Crippen molar-refractivity contribution in [2.45, 2.75) is 45.3 Å². The van der Waals surface area contributed by atoms with Gasteiger partial charge in [-0.3, -0.25) is 9.69 Å². The van der Waals surface area contributed by atoms with E-state index >= 15 is 0 Å². The van der Waals surface area contributed by atoms with Crippen molar-refractivity contribution in [1.82, 2.24) is 0 Å². The first-order valence-corrected chi connectivity index (χ1v) is 12.0. The lowest BCUT2D eigenvalue weighted by Crippen LogP contribution is -2.44. The van der Waals surface area contributed by atoms with Crippen LogP contribution in [0, 0.1) is 11.3 Å². The van der Waals surface area contributed by atoms with Gasteiger partial charge in [-0.1, -0.05) is 29.8 Å². The van der Waals surface area contributed by atoms with Crippen LogP contribution >= 0.6 is 28.1 Å². The monoisotopic (exact) mass is 553 g/mol. The highest BCUT2D eigenvalue weighted by atomic mass is 79.9. The van der Waals surface area contributed by atoms with E-state index < -0.39 is 28.7 Å². The van der Waals surface area contributed by atoms with Crippen molar-refractivity contribution < 1.29 is 22.7 Å². The summed E-state index contributed by atoms with van der Waals surface area (Å²) >= 11 is 8.95. The van der Waals surface area contributed by atoms with E-state index in [1.165, 1.54) is 6.07 Å². The Kier molecular flexibility index (Phi) is 7.29. The number of carbonyl (C=O) groups excluding carboxylic acids is 1. The standard InChI is InChI=1S/C24H23BrF3N3O2S/c1-14(2)18-11-17(7-8-20(18)33-10-9-25)31-22(34)30(21(32)23(31,3)4)16-6-5-15(13-29)19(12-16)24(26,27)28/h5-8,11-12,14H,9-10H2,1-4H3. The first-order valence-electron chi connectivity index (χ1n) is 10.5. The number of anilines is 2. The van der Waals surface area contributed by atoms with Crippen LogP contribution in [-0.2, 0) is 11.0 Å². The summed E-state index contributed by atoms with van der Waals surface area (Å²) in [6.07, 6.45) is -4.75. The number of ether oxygens (including phenoxy) is 1. The van der Waals surface area contributed by atoms with E-state index in [0.29, 0.717) is 23.4 Å². The number of nitrogens with zero attached hydrogens (tertiary/aromatic N) is 3. The minimum Gasteiger partial charge on any atom is -0.492 e. The molecule has 0 unspecified atom stereocenters. The van der Waals surface area contributed by atoms with E-state index in [9.17, 15) is 18.0 Å². The number of hydrogen-bond acceptors (Lipinski definition) is 4. The van der Waals surface area contributed by atoms with Gasteiger partial charge in [-0.15, -0.1) is 0 Å². The summed E-state index contributed by atoms with van der Waals surface area (Å²) in [5, 5.41) is 9.81. The second-order valence-corrected chi connectivity index (χ2v) is 9.73. The van der Waals surface area contributed by atoms with Gasteiger partial charge in [-0.25, -0.2) is 0 Å². The van der Waals surface area contributed by atoms with Gasteiger partial charge in [0.2, 0.25) is 0 Å². The molecule has 0 radical (unpaired) electrons. The lowest BCUT2D eigenvalue weighted by molar-refractivity contribution is -0.137. The number of hydrogen-bond donors (Lipinski definition) is 0. The van der Waals surface area contributed by atoms with Crippen molar-refractivity contribution in [1.29, 1.82) is 5.26 Å². The molecule has 0 N–H and O–H groups in total. The molecule has 0 aliphatic carbocycles. The third-order valence-electron chi connectivity index (χ3n) is 5.56. The van der Waals surface area contributed by atoms with Crippen LogP contribution in [0.4, 0.5) is 24.5 Å². The van der Waals surface area contributed by atoms with Crippen LogP contribution in [0.2, 0.25) is 0 Å². The van der Waals surface area contributed by atoms with E-state index in [2.05, 4.69) is 15.9 Å². The third-order valence-corrected chi connectivity index (χ3v) is 6.25. The Hall–Kier alpha value is -2.64. The molecular formula is C24H23BrF3N3O2S. The molecule has 0 saturated carbocycles. The molecule has 0 spiro atoms. The van der Waals surface area contributed by atoms with Crippen molar-refractivity contribution in [3.63, 3.8) is 0 Å². The molecule has 0 bridgehead atoms. The molecule has 10 heteroatoms. The minimum absolute atomic E-state index is 0.0433. The van der Waals surface area contributed by atoms with E-state index in [-0.39, 0.29) is 16.7 Å². The molecule has 0 aromatic heterocycles. The SMILES string of the molecule is CC(C)c1cc(N2C(=S)N(c3ccc(C#N)c(C(F)(F)F)c3)C(=O)C2(C)C)ccc1OCCBr. The molecule has 3 rings (SSSR count). The molecule has 1 aliphatic rings. The largest absolute Gasteiger partial charge is 0.492 e.